The summed E-state index contributed by atoms with van der Waals surface area (Å²) in [6.45, 7) is 41.4. The van der Waals surface area contributed by atoms with Crippen molar-refractivity contribution in [3.63, 3.8) is 0 Å². The van der Waals surface area contributed by atoms with Crippen molar-refractivity contribution in [1.29, 1.82) is 0 Å². The standard InChI is InChI=1S/2C14H19N3.C14H17N.C11H15N5/c1-7(2)14-16-10(5)12-8(3)9(4)15-11(6)13(12)17-14;1-7(2)12-8(3)9(4)13-14(17-12)10(5)15-11(6)16-13;1-9(2)12-5-6-13-10(3)8-15-11(4)14(13)7-12;1-5(2)11-13-6(3)8-9(16-11)10(12)15-7(4)14-8/h2*7H,1-6H3;5-9H,1-4H3;5H,1-4H3,(H2,12,14,15). The monoisotopic (exact) mass is 875 g/mol. The van der Waals surface area contributed by atoms with Gasteiger partial charge in [0.15, 0.2) is 5.82 Å². The molecule has 0 atom stereocenters. The third-order valence-corrected chi connectivity index (χ3v) is 11.8. The lowest BCUT2D eigenvalue weighted by atomic mass is 9.97. The first-order valence-corrected chi connectivity index (χ1v) is 22.8. The predicted octanol–water partition coefficient (Wildman–Crippen LogP) is 12.5. The SMILES string of the molecule is Cc1cnc(C)c2cc(C(C)C)ccc12.Cc1nc(C)c2nc(C(C)C)c(C)c(C)c2n1.Cc1nc(C)c2nc(C(C)C)nc(C)c2c1C.Cc1nc(N)c2nc(C(C)C)nc(C)c2n1. The van der Waals surface area contributed by atoms with Crippen LogP contribution in [0.5, 0.6) is 0 Å². The van der Waals surface area contributed by atoms with E-state index >= 15 is 0 Å². The highest BCUT2D eigenvalue weighted by Gasteiger charge is 2.16. The Labute approximate surface area is 386 Å². The molecule has 2 N–H and O–H groups in total. The fourth-order valence-corrected chi connectivity index (χ4v) is 7.84. The number of aromatic nitrogens is 11. The molecule has 7 heterocycles. The van der Waals surface area contributed by atoms with E-state index in [-0.39, 0.29) is 5.92 Å². The second kappa shape index (κ2) is 20.3. The van der Waals surface area contributed by atoms with E-state index in [1.54, 1.807) is 0 Å². The molecule has 0 radical (unpaired) electrons. The van der Waals surface area contributed by atoms with Gasteiger partial charge < -0.3 is 5.73 Å². The molecule has 8 aromatic rings. The zero-order chi connectivity index (χ0) is 48.3. The molecule has 1 aromatic carbocycles. The van der Waals surface area contributed by atoms with E-state index in [0.29, 0.717) is 34.9 Å². The van der Waals surface area contributed by atoms with Crippen molar-refractivity contribution >= 4 is 49.6 Å². The molecule has 7 aromatic heterocycles. The lowest BCUT2D eigenvalue weighted by Gasteiger charge is -2.14. The number of nitrogens with zero attached hydrogens (tertiary/aromatic N) is 11. The van der Waals surface area contributed by atoms with Gasteiger partial charge in [0.2, 0.25) is 0 Å². The number of nitrogens with two attached hydrogens (primary N) is 1. The van der Waals surface area contributed by atoms with Gasteiger partial charge in [0.1, 0.15) is 39.8 Å². The Hall–Kier alpha value is -6.17. The Kier molecular flexibility index (Phi) is 15.6. The fraction of sp³-hybridized carbons (Fsp3) is 0.453. The zero-order valence-electron chi connectivity index (χ0n) is 42.6. The minimum atomic E-state index is 0.267. The molecule has 0 spiro atoms. The normalized spacial score (nSPS) is 11.4. The van der Waals surface area contributed by atoms with E-state index in [0.717, 1.165) is 79.4 Å². The molecule has 342 valence electrons. The molecule has 12 heteroatoms. The Morgan fingerprint density at radius 1 is 0.400 bits per heavy atom. The van der Waals surface area contributed by atoms with Gasteiger partial charge in [-0.25, -0.2) is 44.9 Å². The zero-order valence-corrected chi connectivity index (χ0v) is 42.6. The topological polar surface area (TPSA) is 168 Å². The van der Waals surface area contributed by atoms with Crippen LogP contribution in [0, 0.1) is 83.1 Å². The van der Waals surface area contributed by atoms with E-state index < -0.39 is 0 Å². The van der Waals surface area contributed by atoms with Crippen molar-refractivity contribution in [3.05, 3.63) is 115 Å². The van der Waals surface area contributed by atoms with E-state index in [4.69, 9.17) is 10.7 Å². The third-order valence-electron chi connectivity index (χ3n) is 11.8. The van der Waals surface area contributed by atoms with Gasteiger partial charge in [0.25, 0.3) is 0 Å². The van der Waals surface area contributed by atoms with Gasteiger partial charge >= 0.3 is 0 Å². The first kappa shape index (κ1) is 49.8. The van der Waals surface area contributed by atoms with E-state index in [2.05, 4.69) is 151 Å². The molecule has 0 aliphatic carbocycles. The van der Waals surface area contributed by atoms with Crippen LogP contribution in [0.3, 0.4) is 0 Å². The summed E-state index contributed by atoms with van der Waals surface area (Å²) < 4.78 is 0. The highest BCUT2D eigenvalue weighted by molar-refractivity contribution is 5.88. The number of anilines is 1. The van der Waals surface area contributed by atoms with Crippen LogP contribution in [0.1, 0.15) is 170 Å². The summed E-state index contributed by atoms with van der Waals surface area (Å²) in [5, 5.41) is 3.78. The van der Waals surface area contributed by atoms with Crippen LogP contribution in [-0.2, 0) is 0 Å². The van der Waals surface area contributed by atoms with Gasteiger partial charge in [-0.2, -0.15) is 0 Å². The van der Waals surface area contributed by atoms with Crippen LogP contribution in [0.15, 0.2) is 24.4 Å². The number of nitrogen functional groups attached to an aromatic ring is 1. The van der Waals surface area contributed by atoms with E-state index in [1.165, 1.54) is 44.0 Å². The van der Waals surface area contributed by atoms with Crippen LogP contribution < -0.4 is 5.73 Å². The molecule has 0 unspecified atom stereocenters. The van der Waals surface area contributed by atoms with Crippen LogP contribution in [0.25, 0.3) is 43.7 Å². The average molecular weight is 875 g/mol. The molecule has 0 amide bonds. The quantitative estimate of drug-likeness (QED) is 0.178. The van der Waals surface area contributed by atoms with Gasteiger partial charge in [-0.3, -0.25) is 9.97 Å². The van der Waals surface area contributed by atoms with Crippen molar-refractivity contribution in [2.24, 2.45) is 0 Å². The highest BCUT2D eigenvalue weighted by Crippen LogP contribution is 2.29. The van der Waals surface area contributed by atoms with Crippen LogP contribution in [-0.4, -0.2) is 54.8 Å². The summed E-state index contributed by atoms with van der Waals surface area (Å²) in [7, 11) is 0. The van der Waals surface area contributed by atoms with Gasteiger partial charge in [0, 0.05) is 51.6 Å². The molecule has 65 heavy (non-hydrogen) atoms. The summed E-state index contributed by atoms with van der Waals surface area (Å²) in [6, 6.07) is 6.71. The van der Waals surface area contributed by atoms with Crippen molar-refractivity contribution in [2.45, 2.75) is 162 Å². The fourth-order valence-electron chi connectivity index (χ4n) is 7.84. The number of benzene rings is 1. The van der Waals surface area contributed by atoms with Crippen molar-refractivity contribution < 1.29 is 0 Å². The summed E-state index contributed by atoms with van der Waals surface area (Å²) in [5.41, 5.74) is 23.7. The molecular weight excluding hydrogens is 805 g/mol. The molecule has 0 saturated carbocycles. The Morgan fingerprint density at radius 2 is 0.938 bits per heavy atom. The smallest absolute Gasteiger partial charge is 0.153 e. The number of pyridine rings is 3. The molecule has 0 aliphatic rings. The van der Waals surface area contributed by atoms with Gasteiger partial charge in [-0.1, -0.05) is 67.5 Å². The first-order chi connectivity index (χ1) is 30.4. The van der Waals surface area contributed by atoms with Crippen molar-refractivity contribution in [2.75, 3.05) is 5.73 Å². The molecule has 0 bridgehead atoms. The minimum Gasteiger partial charge on any atom is -0.382 e. The predicted molar refractivity (Wildman–Crippen MR) is 269 cm³/mol. The average Bonchev–Trinajstić information content (AvgIpc) is 3.23. The summed E-state index contributed by atoms with van der Waals surface area (Å²) in [5.74, 6) is 5.20. The molecule has 0 fully saturated rings. The van der Waals surface area contributed by atoms with Crippen LogP contribution in [0.2, 0.25) is 0 Å². The second-order valence-corrected chi connectivity index (χ2v) is 18.6. The van der Waals surface area contributed by atoms with Crippen molar-refractivity contribution in [1.82, 2.24) is 54.8 Å². The second-order valence-electron chi connectivity index (χ2n) is 18.6. The maximum Gasteiger partial charge on any atom is 0.153 e. The number of aryl methyl sites for hydroxylation is 11. The summed E-state index contributed by atoms with van der Waals surface area (Å²) in [4.78, 5) is 49.2. The third kappa shape index (κ3) is 11.0. The van der Waals surface area contributed by atoms with Crippen LogP contribution in [0.4, 0.5) is 5.82 Å². The van der Waals surface area contributed by atoms with Crippen molar-refractivity contribution in [3.8, 4) is 0 Å². The van der Waals surface area contributed by atoms with Gasteiger partial charge in [-0.15, -0.1) is 0 Å². The summed E-state index contributed by atoms with van der Waals surface area (Å²) >= 11 is 0. The molecule has 12 nitrogen and oxygen atoms in total. The lowest BCUT2D eigenvalue weighted by molar-refractivity contribution is 0.774. The Morgan fingerprint density at radius 3 is 1.54 bits per heavy atom. The molecule has 8 rings (SSSR count). The number of hydrogen-bond donors (Lipinski definition) is 1. The Balaban J connectivity index is 0.000000163. The Bertz CT molecular complexity index is 3040. The van der Waals surface area contributed by atoms with Gasteiger partial charge in [0.05, 0.1) is 28.1 Å². The highest BCUT2D eigenvalue weighted by atomic mass is 15.0. The lowest BCUT2D eigenvalue weighted by Crippen LogP contribution is -2.06. The van der Waals surface area contributed by atoms with E-state index in [1.807, 2.05) is 61.6 Å². The first-order valence-electron chi connectivity index (χ1n) is 22.8. The molecule has 0 aliphatic heterocycles. The number of rotatable bonds is 4. The van der Waals surface area contributed by atoms with Crippen LogP contribution >= 0.6 is 0 Å². The number of hydrogen-bond acceptors (Lipinski definition) is 12. The molecular formula is C53H70N12. The van der Waals surface area contributed by atoms with E-state index in [9.17, 15) is 0 Å². The largest absolute Gasteiger partial charge is 0.382 e. The minimum absolute atomic E-state index is 0.267. The number of fused-ring (bicyclic) bond motifs is 4. The maximum atomic E-state index is 5.85. The maximum absolute atomic E-state index is 5.85. The summed E-state index contributed by atoms with van der Waals surface area (Å²) in [6.07, 6.45) is 1.95. The molecule has 0 saturated heterocycles. The van der Waals surface area contributed by atoms with Gasteiger partial charge in [-0.05, 0) is 134 Å².